The fourth-order valence-electron chi connectivity index (χ4n) is 2.75. The van der Waals surface area contributed by atoms with Crippen LogP contribution in [0.1, 0.15) is 57.7 Å². The second-order valence-electron chi connectivity index (χ2n) is 7.05. The highest BCUT2D eigenvalue weighted by molar-refractivity contribution is 7.15. The molecule has 0 aliphatic heterocycles. The van der Waals surface area contributed by atoms with E-state index in [-0.39, 0.29) is 11.5 Å². The van der Waals surface area contributed by atoms with Gasteiger partial charge in [-0.05, 0) is 31.1 Å². The zero-order valence-electron chi connectivity index (χ0n) is 13.0. The molecule has 0 saturated heterocycles. The van der Waals surface area contributed by atoms with Crippen molar-refractivity contribution >= 4 is 16.5 Å². The molecule has 19 heavy (non-hydrogen) atoms. The van der Waals surface area contributed by atoms with Crippen molar-refractivity contribution < 1.29 is 0 Å². The van der Waals surface area contributed by atoms with Crippen LogP contribution in [0.15, 0.2) is 0 Å². The summed E-state index contributed by atoms with van der Waals surface area (Å²) < 4.78 is 0. The fourth-order valence-corrected chi connectivity index (χ4v) is 3.89. The van der Waals surface area contributed by atoms with Crippen molar-refractivity contribution in [2.75, 3.05) is 11.9 Å². The van der Waals surface area contributed by atoms with Gasteiger partial charge in [0.2, 0.25) is 0 Å². The lowest BCUT2D eigenvalue weighted by Gasteiger charge is -2.32. The topological polar surface area (TPSA) is 42.2 Å². The molecule has 1 aromatic heterocycles. The molecule has 0 fully saturated rings. The monoisotopic (exact) mass is 281 g/mol. The molecule has 0 bridgehead atoms. The molecule has 0 spiro atoms. The van der Waals surface area contributed by atoms with Crippen molar-refractivity contribution in [2.45, 2.75) is 59.5 Å². The van der Waals surface area contributed by atoms with Gasteiger partial charge in [0.15, 0.2) is 5.13 Å². The standard InChI is InChI=1S/C15H27N3S/c1-9(2)10(3)18(6)14-17-12-8-15(4,5)7-11(16)13(12)19-14/h9-11H,7-8,16H2,1-6H3. The lowest BCUT2D eigenvalue weighted by atomic mass is 9.77. The Labute approximate surface area is 121 Å². The van der Waals surface area contributed by atoms with E-state index < -0.39 is 0 Å². The molecule has 2 atom stereocenters. The van der Waals surface area contributed by atoms with E-state index >= 15 is 0 Å². The Kier molecular flexibility index (Phi) is 3.94. The summed E-state index contributed by atoms with van der Waals surface area (Å²) in [4.78, 5) is 8.47. The van der Waals surface area contributed by atoms with Gasteiger partial charge in [0, 0.05) is 24.0 Å². The first-order valence-corrected chi connectivity index (χ1v) is 8.01. The van der Waals surface area contributed by atoms with Crippen molar-refractivity contribution in [3.63, 3.8) is 0 Å². The first-order chi connectivity index (χ1) is 8.71. The number of hydrogen-bond acceptors (Lipinski definition) is 4. The van der Waals surface area contributed by atoms with E-state index in [0.29, 0.717) is 12.0 Å². The fraction of sp³-hybridized carbons (Fsp3) is 0.800. The summed E-state index contributed by atoms with van der Waals surface area (Å²) in [7, 11) is 2.14. The highest BCUT2D eigenvalue weighted by Crippen LogP contribution is 2.43. The highest BCUT2D eigenvalue weighted by atomic mass is 32.1. The van der Waals surface area contributed by atoms with Crippen LogP contribution in [-0.4, -0.2) is 18.1 Å². The normalized spacial score (nSPS) is 23.3. The molecule has 0 radical (unpaired) electrons. The van der Waals surface area contributed by atoms with Crippen molar-refractivity contribution in [1.29, 1.82) is 0 Å². The smallest absolute Gasteiger partial charge is 0.185 e. The van der Waals surface area contributed by atoms with E-state index in [1.807, 2.05) is 0 Å². The van der Waals surface area contributed by atoms with Crippen LogP contribution in [0, 0.1) is 11.3 Å². The summed E-state index contributed by atoms with van der Waals surface area (Å²) in [6, 6.07) is 0.657. The van der Waals surface area contributed by atoms with Crippen LogP contribution in [0.3, 0.4) is 0 Å². The van der Waals surface area contributed by atoms with E-state index in [2.05, 4.69) is 46.6 Å². The quantitative estimate of drug-likeness (QED) is 0.920. The molecule has 4 heteroatoms. The summed E-state index contributed by atoms with van der Waals surface area (Å²) in [6.07, 6.45) is 2.11. The molecule has 2 unspecified atom stereocenters. The molecule has 0 amide bonds. The highest BCUT2D eigenvalue weighted by Gasteiger charge is 2.34. The Morgan fingerprint density at radius 2 is 2.00 bits per heavy atom. The number of fused-ring (bicyclic) bond motifs is 1. The SMILES string of the molecule is CC(C)C(C)N(C)c1nc2c(s1)C(N)CC(C)(C)C2. The van der Waals surface area contributed by atoms with Crippen molar-refractivity contribution in [3.05, 3.63) is 10.6 Å². The van der Waals surface area contributed by atoms with Crippen LogP contribution in [-0.2, 0) is 6.42 Å². The molecule has 2 rings (SSSR count). The van der Waals surface area contributed by atoms with E-state index in [4.69, 9.17) is 10.7 Å². The predicted octanol–water partition coefficient (Wildman–Crippen LogP) is 3.60. The second kappa shape index (κ2) is 5.06. The largest absolute Gasteiger partial charge is 0.348 e. The van der Waals surface area contributed by atoms with Crippen LogP contribution in [0.4, 0.5) is 5.13 Å². The molecule has 1 aliphatic carbocycles. The molecule has 1 aliphatic rings. The van der Waals surface area contributed by atoms with Gasteiger partial charge in [-0.25, -0.2) is 4.98 Å². The maximum atomic E-state index is 6.32. The van der Waals surface area contributed by atoms with Crippen LogP contribution in [0.2, 0.25) is 0 Å². The van der Waals surface area contributed by atoms with Gasteiger partial charge in [0.05, 0.1) is 5.69 Å². The molecule has 108 valence electrons. The third-order valence-electron chi connectivity index (χ3n) is 4.35. The third-order valence-corrected chi connectivity index (χ3v) is 5.67. The first kappa shape index (κ1) is 14.8. The van der Waals surface area contributed by atoms with Gasteiger partial charge in [-0.15, -0.1) is 0 Å². The van der Waals surface area contributed by atoms with Crippen LogP contribution < -0.4 is 10.6 Å². The van der Waals surface area contributed by atoms with Gasteiger partial charge in [0.1, 0.15) is 0 Å². The van der Waals surface area contributed by atoms with Crippen LogP contribution in [0.25, 0.3) is 0 Å². The lowest BCUT2D eigenvalue weighted by molar-refractivity contribution is 0.282. The summed E-state index contributed by atoms with van der Waals surface area (Å²) in [5.74, 6) is 0.621. The third kappa shape index (κ3) is 2.95. The Bertz CT molecular complexity index is 450. The summed E-state index contributed by atoms with van der Waals surface area (Å²) in [5.41, 5.74) is 7.83. The average molecular weight is 281 g/mol. The van der Waals surface area contributed by atoms with Crippen molar-refractivity contribution in [3.8, 4) is 0 Å². The zero-order chi connectivity index (χ0) is 14.4. The maximum absolute atomic E-state index is 6.32. The minimum atomic E-state index is 0.160. The first-order valence-electron chi connectivity index (χ1n) is 7.19. The summed E-state index contributed by atoms with van der Waals surface area (Å²) in [6.45, 7) is 11.3. The van der Waals surface area contributed by atoms with E-state index in [1.54, 1.807) is 11.3 Å². The minimum Gasteiger partial charge on any atom is -0.348 e. The Morgan fingerprint density at radius 1 is 1.37 bits per heavy atom. The van der Waals surface area contributed by atoms with Gasteiger partial charge >= 0.3 is 0 Å². The van der Waals surface area contributed by atoms with Gasteiger partial charge in [-0.3, -0.25) is 0 Å². The molecule has 0 saturated carbocycles. The predicted molar refractivity (Wildman–Crippen MR) is 83.8 cm³/mol. The lowest BCUT2D eigenvalue weighted by Crippen LogP contribution is -2.33. The van der Waals surface area contributed by atoms with Gasteiger partial charge in [-0.2, -0.15) is 0 Å². The number of hydrogen-bond donors (Lipinski definition) is 1. The van der Waals surface area contributed by atoms with Gasteiger partial charge in [-0.1, -0.05) is 39.0 Å². The van der Waals surface area contributed by atoms with E-state index in [0.717, 1.165) is 18.0 Å². The number of rotatable bonds is 3. The zero-order valence-corrected chi connectivity index (χ0v) is 13.8. The molecule has 0 aromatic carbocycles. The van der Waals surface area contributed by atoms with Crippen LogP contribution in [0.5, 0.6) is 0 Å². The average Bonchev–Trinajstić information content (AvgIpc) is 2.69. The molecule has 3 nitrogen and oxygen atoms in total. The van der Waals surface area contributed by atoms with Crippen molar-refractivity contribution in [1.82, 2.24) is 4.98 Å². The number of nitrogens with two attached hydrogens (primary N) is 1. The number of anilines is 1. The van der Waals surface area contributed by atoms with E-state index in [9.17, 15) is 0 Å². The Morgan fingerprint density at radius 3 is 2.58 bits per heavy atom. The maximum Gasteiger partial charge on any atom is 0.185 e. The Hall–Kier alpha value is -0.610. The molecule has 1 aromatic rings. The summed E-state index contributed by atoms with van der Waals surface area (Å²) >= 11 is 1.79. The van der Waals surface area contributed by atoms with Crippen LogP contribution >= 0.6 is 11.3 Å². The Balaban J connectivity index is 2.28. The molecule has 2 N–H and O–H groups in total. The van der Waals surface area contributed by atoms with E-state index in [1.165, 1.54) is 10.6 Å². The molecule has 1 heterocycles. The number of aromatic nitrogens is 1. The molecular weight excluding hydrogens is 254 g/mol. The van der Waals surface area contributed by atoms with Gasteiger partial charge < -0.3 is 10.6 Å². The second-order valence-corrected chi connectivity index (χ2v) is 8.06. The summed E-state index contributed by atoms with van der Waals surface area (Å²) in [5, 5.41) is 1.12. The molecular formula is C15H27N3S. The van der Waals surface area contributed by atoms with Gasteiger partial charge in [0.25, 0.3) is 0 Å². The number of nitrogens with zero attached hydrogens (tertiary/aromatic N) is 2. The van der Waals surface area contributed by atoms with Crippen molar-refractivity contribution in [2.24, 2.45) is 17.1 Å². The minimum absolute atomic E-state index is 0.160. The number of thiazole rings is 1.